The van der Waals surface area contributed by atoms with Crippen LogP contribution in [0.4, 0.5) is 0 Å². The van der Waals surface area contributed by atoms with Crippen molar-refractivity contribution in [1.29, 1.82) is 0 Å². The zero-order chi connectivity index (χ0) is 17.9. The minimum Gasteiger partial charge on any atom is -0.346 e. The molecule has 0 amide bonds. The van der Waals surface area contributed by atoms with Crippen LogP contribution >= 0.6 is 22.6 Å². The van der Waals surface area contributed by atoms with Crippen molar-refractivity contribution in [2.75, 3.05) is 13.1 Å². The Morgan fingerprint density at radius 3 is 2.85 bits per heavy atom. The largest absolute Gasteiger partial charge is 0.346 e. The molecule has 0 aliphatic carbocycles. The number of hydrogen-bond acceptors (Lipinski definition) is 4. The van der Waals surface area contributed by atoms with Crippen LogP contribution in [0.15, 0.2) is 39.9 Å². The maximum Gasteiger partial charge on any atom is 0.137 e. The van der Waals surface area contributed by atoms with Crippen molar-refractivity contribution >= 4 is 45.0 Å². The number of aromatic nitrogens is 4. The second-order valence-electron chi connectivity index (χ2n) is 6.58. The van der Waals surface area contributed by atoms with Gasteiger partial charge in [0, 0.05) is 50.5 Å². The summed E-state index contributed by atoms with van der Waals surface area (Å²) >= 11 is 2.27. The van der Waals surface area contributed by atoms with Gasteiger partial charge in [-0.1, -0.05) is 22.6 Å². The maximum atomic E-state index is 4.95. The average Bonchev–Trinajstić information content (AvgIpc) is 3.35. The van der Waals surface area contributed by atoms with Crippen molar-refractivity contribution < 1.29 is 0 Å². The van der Waals surface area contributed by atoms with E-state index in [0.29, 0.717) is 5.92 Å². The number of H-pyrrole nitrogens is 2. The molecule has 3 aromatic rings. The van der Waals surface area contributed by atoms with Gasteiger partial charge in [-0.15, -0.1) is 0 Å². The summed E-state index contributed by atoms with van der Waals surface area (Å²) in [6.45, 7) is 4.30. The molecule has 0 bridgehead atoms. The van der Waals surface area contributed by atoms with Crippen molar-refractivity contribution in [3.05, 3.63) is 40.5 Å². The number of pyridine rings is 1. The number of nitrogens with one attached hydrogen (secondary N) is 3. The summed E-state index contributed by atoms with van der Waals surface area (Å²) in [4.78, 5) is 12.8. The van der Waals surface area contributed by atoms with Crippen LogP contribution in [-0.2, 0) is 0 Å². The predicted octanol–water partition coefficient (Wildman–Crippen LogP) is 4.15. The lowest BCUT2D eigenvalue weighted by molar-refractivity contribution is 0.455. The Morgan fingerprint density at radius 2 is 2.12 bits per heavy atom. The van der Waals surface area contributed by atoms with Gasteiger partial charge in [0.15, 0.2) is 0 Å². The van der Waals surface area contributed by atoms with Crippen molar-refractivity contribution in [1.82, 2.24) is 25.5 Å². The van der Waals surface area contributed by atoms with Crippen LogP contribution in [0, 0.1) is 5.92 Å². The van der Waals surface area contributed by atoms with Gasteiger partial charge < -0.3 is 10.3 Å². The van der Waals surface area contributed by atoms with Crippen molar-refractivity contribution in [2.24, 2.45) is 10.9 Å². The van der Waals surface area contributed by atoms with Crippen molar-refractivity contribution in [3.63, 3.8) is 0 Å². The highest BCUT2D eigenvalue weighted by atomic mass is 127. The molecule has 7 heteroatoms. The van der Waals surface area contributed by atoms with E-state index < -0.39 is 0 Å². The van der Waals surface area contributed by atoms with Gasteiger partial charge in [-0.25, -0.2) is 4.98 Å². The van der Waals surface area contributed by atoms with Crippen LogP contribution in [0.2, 0.25) is 0 Å². The van der Waals surface area contributed by atoms with Crippen LogP contribution in [0.5, 0.6) is 0 Å². The fourth-order valence-corrected chi connectivity index (χ4v) is 3.95. The number of halogens is 1. The smallest absolute Gasteiger partial charge is 0.137 e. The van der Waals surface area contributed by atoms with E-state index in [1.807, 2.05) is 28.9 Å². The molecule has 0 aromatic carbocycles. The molecule has 1 aliphatic heterocycles. The summed E-state index contributed by atoms with van der Waals surface area (Å²) < 4.78 is 2.04. The van der Waals surface area contributed by atoms with E-state index in [1.165, 1.54) is 5.71 Å². The zero-order valence-electron chi connectivity index (χ0n) is 14.6. The minimum absolute atomic E-state index is 0.563. The molecule has 0 spiro atoms. The summed E-state index contributed by atoms with van der Waals surface area (Å²) in [7, 11) is 0. The number of nitrogens with zero attached hydrogens (tertiary/aromatic N) is 3. The lowest BCUT2D eigenvalue weighted by Crippen LogP contribution is -2.30. The molecule has 6 nitrogen and oxygen atoms in total. The first-order valence-electron chi connectivity index (χ1n) is 8.79. The summed E-state index contributed by atoms with van der Waals surface area (Å²) in [5.41, 5.74) is 6.22. The van der Waals surface area contributed by atoms with Crippen LogP contribution in [-0.4, -0.2) is 39.0 Å². The monoisotopic (exact) mass is 460 g/mol. The predicted molar refractivity (Wildman–Crippen MR) is 114 cm³/mol. The molecule has 0 unspecified atom stereocenters. The highest BCUT2D eigenvalue weighted by molar-refractivity contribution is 14.1. The molecule has 1 aliphatic rings. The summed E-state index contributed by atoms with van der Waals surface area (Å²) in [6, 6.07) is 2.16. The van der Waals surface area contributed by atoms with E-state index >= 15 is 0 Å². The van der Waals surface area contributed by atoms with Crippen LogP contribution < -0.4 is 5.32 Å². The lowest BCUT2D eigenvalue weighted by Gasteiger charge is -2.22. The van der Waals surface area contributed by atoms with Gasteiger partial charge in [-0.3, -0.25) is 10.1 Å². The molecule has 1 fully saturated rings. The lowest BCUT2D eigenvalue weighted by atomic mass is 9.93. The number of rotatable bonds is 4. The van der Waals surface area contributed by atoms with Gasteiger partial charge in [0.1, 0.15) is 5.65 Å². The molecule has 3 aromatic heterocycles. The molecular formula is C19H21IN6. The second kappa shape index (κ2) is 7.71. The normalized spacial score (nSPS) is 17.2. The molecule has 4 rings (SSSR count). The number of hydrogen-bond donors (Lipinski definition) is 3. The Labute approximate surface area is 165 Å². The standard InChI is InChI=1S/C19H21IN6/c1-12(13-2-4-21-5-3-13)26-18(7-20)14-6-16-17(15-9-24-25-10-15)11-23-19(16)22-8-14/h6-11,13,21H,2-5H2,1H3,(H,22,23)(H,24,25)/b18-7-,26-12?. The topological polar surface area (TPSA) is 81.8 Å². The number of aromatic amines is 2. The van der Waals surface area contributed by atoms with E-state index in [1.54, 1.807) is 0 Å². The van der Waals surface area contributed by atoms with Gasteiger partial charge >= 0.3 is 0 Å². The Morgan fingerprint density at radius 1 is 1.27 bits per heavy atom. The third kappa shape index (κ3) is 3.45. The summed E-state index contributed by atoms with van der Waals surface area (Å²) in [5, 5.41) is 11.4. The number of piperidine rings is 1. The van der Waals surface area contributed by atoms with E-state index in [-0.39, 0.29) is 0 Å². The Bertz CT molecular complexity index is 948. The van der Waals surface area contributed by atoms with Crippen molar-refractivity contribution in [2.45, 2.75) is 19.8 Å². The molecule has 26 heavy (non-hydrogen) atoms. The van der Waals surface area contributed by atoms with Gasteiger partial charge in [-0.05, 0) is 44.8 Å². The first-order chi connectivity index (χ1) is 12.8. The quantitative estimate of drug-likeness (QED) is 0.404. The summed E-state index contributed by atoms with van der Waals surface area (Å²) in [5.74, 6) is 0.563. The average molecular weight is 460 g/mol. The Hall–Kier alpha value is -2.00. The molecule has 0 saturated carbocycles. The fraction of sp³-hybridized carbons (Fsp3) is 0.316. The number of fused-ring (bicyclic) bond motifs is 1. The molecule has 3 N–H and O–H groups in total. The zero-order valence-corrected chi connectivity index (χ0v) is 16.7. The molecule has 4 heterocycles. The van der Waals surface area contributed by atoms with E-state index in [0.717, 1.165) is 59.4 Å². The highest BCUT2D eigenvalue weighted by Crippen LogP contribution is 2.30. The van der Waals surface area contributed by atoms with Crippen molar-refractivity contribution in [3.8, 4) is 11.1 Å². The van der Waals surface area contributed by atoms with Gasteiger partial charge in [0.05, 0.1) is 11.9 Å². The van der Waals surface area contributed by atoms with Crippen LogP contribution in [0.1, 0.15) is 25.3 Å². The number of aliphatic imine (C=N–C) groups is 1. The Balaban J connectivity index is 1.69. The maximum absolute atomic E-state index is 4.95. The van der Waals surface area contributed by atoms with Gasteiger partial charge in [0.2, 0.25) is 0 Å². The molecule has 134 valence electrons. The summed E-state index contributed by atoms with van der Waals surface area (Å²) in [6.07, 6.45) is 9.89. The molecule has 1 saturated heterocycles. The van der Waals surface area contributed by atoms with E-state index in [4.69, 9.17) is 4.99 Å². The van der Waals surface area contributed by atoms with E-state index in [9.17, 15) is 0 Å². The highest BCUT2D eigenvalue weighted by Gasteiger charge is 2.17. The fourth-order valence-electron chi connectivity index (χ4n) is 3.45. The molecule has 0 radical (unpaired) electrons. The molecule has 0 atom stereocenters. The first kappa shape index (κ1) is 17.4. The SMILES string of the molecule is CC(=N/C(=C\I)c1cnc2[nH]cc(-c3cn[nH]c3)c2c1)C1CCNCC1. The first-order valence-corrected chi connectivity index (χ1v) is 10.0. The third-order valence-electron chi connectivity index (χ3n) is 4.97. The van der Waals surface area contributed by atoms with Crippen LogP contribution in [0.25, 0.3) is 27.9 Å². The molecular weight excluding hydrogens is 439 g/mol. The van der Waals surface area contributed by atoms with E-state index in [2.05, 4.69) is 61.1 Å². The van der Waals surface area contributed by atoms with Gasteiger partial charge in [0.25, 0.3) is 0 Å². The second-order valence-corrected chi connectivity index (χ2v) is 7.20. The van der Waals surface area contributed by atoms with Gasteiger partial charge in [-0.2, -0.15) is 5.10 Å². The van der Waals surface area contributed by atoms with Crippen LogP contribution in [0.3, 0.4) is 0 Å². The minimum atomic E-state index is 0.563. The Kier molecular flexibility index (Phi) is 5.16. The third-order valence-corrected chi connectivity index (χ3v) is 5.56.